The number of sulfonamides is 1. The van der Waals surface area contributed by atoms with Crippen LogP contribution >= 0.6 is 0 Å². The van der Waals surface area contributed by atoms with E-state index < -0.39 is 22.0 Å². The molecule has 2 atom stereocenters. The van der Waals surface area contributed by atoms with Gasteiger partial charge >= 0.3 is 0 Å². The summed E-state index contributed by atoms with van der Waals surface area (Å²) in [7, 11) is -3.74. The molecule has 7 heteroatoms. The van der Waals surface area contributed by atoms with Crippen LogP contribution in [0, 0.1) is 25.7 Å². The Balaban J connectivity index is 1.84. The fraction of sp³-hybridized carbons (Fsp3) is 0.440. The minimum atomic E-state index is -3.74. The van der Waals surface area contributed by atoms with Gasteiger partial charge in [0.15, 0.2) is 5.03 Å². The number of benzene rings is 1. The monoisotopic (exact) mass is 454 g/mol. The quantitative estimate of drug-likeness (QED) is 0.719. The topological polar surface area (TPSA) is 87.6 Å². The Bertz CT molecular complexity index is 1110. The van der Waals surface area contributed by atoms with Gasteiger partial charge in [-0.15, -0.1) is 5.92 Å². The van der Waals surface area contributed by atoms with Crippen LogP contribution in [0.3, 0.4) is 0 Å². The molecule has 3 rings (SSSR count). The second-order valence-electron chi connectivity index (χ2n) is 8.23. The van der Waals surface area contributed by atoms with Crippen LogP contribution in [-0.4, -0.2) is 47.8 Å². The lowest BCUT2D eigenvalue weighted by Gasteiger charge is -2.29. The number of pyridine rings is 1. The normalized spacial score (nSPS) is 20.9. The van der Waals surface area contributed by atoms with Gasteiger partial charge in [-0.3, -0.25) is 4.79 Å². The molecule has 0 saturated carbocycles. The number of nitrogens with zero attached hydrogens (tertiary/aromatic N) is 2. The predicted molar refractivity (Wildman–Crippen MR) is 124 cm³/mol. The number of Topliss-reactive ketones (excluding diaryl/α,β-unsaturated/α-hetero) is 1. The number of hydrogen-bond donors (Lipinski definition) is 1. The third-order valence-electron chi connectivity index (χ3n) is 5.89. The smallest absolute Gasteiger partial charge is 0.260 e. The molecule has 170 valence electrons. The number of aryl methyl sites for hydroxylation is 2. The molecule has 2 aromatic rings. The van der Waals surface area contributed by atoms with Crippen LogP contribution in [0.1, 0.15) is 60.8 Å². The lowest BCUT2D eigenvalue weighted by atomic mass is 9.80. The first kappa shape index (κ1) is 24.1. The summed E-state index contributed by atoms with van der Waals surface area (Å²) in [5.41, 5.74) is 3.64. The molecule has 1 saturated heterocycles. The molecule has 0 bridgehead atoms. The van der Waals surface area contributed by atoms with Gasteiger partial charge in [0.2, 0.25) is 0 Å². The van der Waals surface area contributed by atoms with E-state index in [1.807, 2.05) is 26.0 Å². The molecule has 2 unspecified atom stereocenters. The van der Waals surface area contributed by atoms with E-state index in [2.05, 4.69) is 16.8 Å². The van der Waals surface area contributed by atoms with Crippen molar-refractivity contribution in [3.8, 4) is 11.8 Å². The maximum atomic E-state index is 13.2. The molecule has 1 aliphatic heterocycles. The zero-order valence-corrected chi connectivity index (χ0v) is 19.7. The standard InChI is InChI=1S/C25H30N2O4S/c1-4-9-20-16-18(2)24(19(3)17-20)25-21(28)10-7-14-27(15-8-11-22(25)29)32(30,31)23-12-5-6-13-26-23/h5-6,12-13,16-17,21,25,28H,7-8,10-11,14-15H2,1-3H3. The third-order valence-corrected chi connectivity index (χ3v) is 7.70. The molecule has 1 fully saturated rings. The van der Waals surface area contributed by atoms with Crippen molar-refractivity contribution in [3.05, 3.63) is 58.8 Å². The van der Waals surface area contributed by atoms with Gasteiger partial charge in [-0.05, 0) is 81.0 Å². The molecule has 0 aliphatic carbocycles. The van der Waals surface area contributed by atoms with E-state index in [0.717, 1.165) is 22.3 Å². The summed E-state index contributed by atoms with van der Waals surface area (Å²) in [6, 6.07) is 8.70. The van der Waals surface area contributed by atoms with E-state index in [-0.39, 0.29) is 30.3 Å². The number of hydrogen-bond acceptors (Lipinski definition) is 5. The summed E-state index contributed by atoms with van der Waals surface area (Å²) in [5.74, 6) is 5.27. The van der Waals surface area contributed by atoms with Crippen LogP contribution < -0.4 is 0 Å². The Morgan fingerprint density at radius 3 is 2.44 bits per heavy atom. The van der Waals surface area contributed by atoms with Gasteiger partial charge in [-0.25, -0.2) is 13.4 Å². The van der Waals surface area contributed by atoms with Crippen LogP contribution in [0.2, 0.25) is 0 Å². The van der Waals surface area contributed by atoms with E-state index in [9.17, 15) is 18.3 Å². The van der Waals surface area contributed by atoms with Crippen molar-refractivity contribution in [1.29, 1.82) is 0 Å². The Kier molecular flexibility index (Phi) is 7.83. The Labute approximate surface area is 190 Å². The molecule has 2 heterocycles. The number of ketones is 1. The first-order valence-corrected chi connectivity index (χ1v) is 12.4. The molecule has 1 aromatic carbocycles. The minimum absolute atomic E-state index is 0.00308. The van der Waals surface area contributed by atoms with E-state index in [1.54, 1.807) is 19.1 Å². The second-order valence-corrected chi connectivity index (χ2v) is 10.1. The average Bonchev–Trinajstić information content (AvgIpc) is 2.75. The van der Waals surface area contributed by atoms with Crippen molar-refractivity contribution in [1.82, 2.24) is 9.29 Å². The molecular formula is C25H30N2O4S. The zero-order valence-electron chi connectivity index (χ0n) is 18.8. The fourth-order valence-electron chi connectivity index (χ4n) is 4.46. The van der Waals surface area contributed by atoms with Gasteiger partial charge in [0.25, 0.3) is 10.0 Å². The second kappa shape index (κ2) is 10.4. The van der Waals surface area contributed by atoms with Gasteiger partial charge in [-0.2, -0.15) is 4.31 Å². The summed E-state index contributed by atoms with van der Waals surface area (Å²) < 4.78 is 27.3. The number of aliphatic hydroxyl groups is 1. The Morgan fingerprint density at radius 2 is 1.81 bits per heavy atom. The Morgan fingerprint density at radius 1 is 1.12 bits per heavy atom. The molecule has 1 aliphatic rings. The maximum Gasteiger partial charge on any atom is 0.260 e. The number of rotatable bonds is 3. The van der Waals surface area contributed by atoms with Crippen LogP contribution in [0.4, 0.5) is 0 Å². The van der Waals surface area contributed by atoms with Crippen LogP contribution in [-0.2, 0) is 14.8 Å². The van der Waals surface area contributed by atoms with E-state index in [0.29, 0.717) is 19.3 Å². The predicted octanol–water partition coefficient (Wildman–Crippen LogP) is 3.35. The lowest BCUT2D eigenvalue weighted by Crippen LogP contribution is -2.36. The van der Waals surface area contributed by atoms with Crippen molar-refractivity contribution < 1.29 is 18.3 Å². The Hall–Kier alpha value is -2.53. The van der Waals surface area contributed by atoms with E-state index in [1.165, 1.54) is 16.6 Å². The molecule has 32 heavy (non-hydrogen) atoms. The summed E-state index contributed by atoms with van der Waals surface area (Å²) in [6.45, 7) is 6.20. The lowest BCUT2D eigenvalue weighted by molar-refractivity contribution is -0.123. The summed E-state index contributed by atoms with van der Waals surface area (Å²) in [4.78, 5) is 17.2. The van der Waals surface area contributed by atoms with Crippen LogP contribution in [0.25, 0.3) is 0 Å². The fourth-order valence-corrected chi connectivity index (χ4v) is 5.91. The molecule has 0 amide bonds. The summed E-state index contributed by atoms with van der Waals surface area (Å²) in [5, 5.41) is 11.0. The summed E-state index contributed by atoms with van der Waals surface area (Å²) in [6.07, 6.45) is 1.96. The molecule has 1 N–H and O–H groups in total. The first-order chi connectivity index (χ1) is 15.3. The molecule has 0 spiro atoms. The number of aliphatic hydroxyl groups excluding tert-OH is 1. The van der Waals surface area contributed by atoms with Crippen LogP contribution in [0.15, 0.2) is 41.6 Å². The van der Waals surface area contributed by atoms with Gasteiger partial charge in [0.05, 0.1) is 12.0 Å². The zero-order chi connectivity index (χ0) is 23.3. The summed E-state index contributed by atoms with van der Waals surface area (Å²) >= 11 is 0. The highest BCUT2D eigenvalue weighted by Gasteiger charge is 2.33. The van der Waals surface area contributed by atoms with Crippen LogP contribution in [0.5, 0.6) is 0 Å². The number of carbonyl (C=O) groups is 1. The van der Waals surface area contributed by atoms with Gasteiger partial charge in [-0.1, -0.05) is 12.0 Å². The van der Waals surface area contributed by atoms with Gasteiger partial charge < -0.3 is 5.11 Å². The highest BCUT2D eigenvalue weighted by molar-refractivity contribution is 7.89. The van der Waals surface area contributed by atoms with Crippen molar-refractivity contribution in [2.24, 2.45) is 0 Å². The largest absolute Gasteiger partial charge is 0.392 e. The molecular weight excluding hydrogens is 424 g/mol. The average molecular weight is 455 g/mol. The minimum Gasteiger partial charge on any atom is -0.392 e. The van der Waals surface area contributed by atoms with Crippen molar-refractivity contribution in [2.45, 2.75) is 63.5 Å². The first-order valence-electron chi connectivity index (χ1n) is 10.9. The van der Waals surface area contributed by atoms with Gasteiger partial charge in [0, 0.05) is 31.3 Å². The number of carbonyl (C=O) groups excluding carboxylic acids is 1. The molecule has 6 nitrogen and oxygen atoms in total. The van der Waals surface area contributed by atoms with Crippen molar-refractivity contribution in [3.63, 3.8) is 0 Å². The molecule has 0 radical (unpaired) electrons. The van der Waals surface area contributed by atoms with Crippen molar-refractivity contribution >= 4 is 15.8 Å². The van der Waals surface area contributed by atoms with E-state index >= 15 is 0 Å². The highest BCUT2D eigenvalue weighted by Crippen LogP contribution is 2.32. The number of aromatic nitrogens is 1. The van der Waals surface area contributed by atoms with Gasteiger partial charge in [0.1, 0.15) is 5.78 Å². The SMILES string of the molecule is CC#Cc1cc(C)c(C2C(=O)CCCN(S(=O)(=O)c3ccccn3)CCCC2O)c(C)c1. The third kappa shape index (κ3) is 5.26. The molecule has 1 aromatic heterocycles. The maximum absolute atomic E-state index is 13.2. The highest BCUT2D eigenvalue weighted by atomic mass is 32.2. The van der Waals surface area contributed by atoms with E-state index in [4.69, 9.17) is 0 Å². The van der Waals surface area contributed by atoms with Crippen molar-refractivity contribution in [2.75, 3.05) is 13.1 Å².